The van der Waals surface area contributed by atoms with Crippen molar-refractivity contribution in [3.05, 3.63) is 101 Å². The van der Waals surface area contributed by atoms with Crippen molar-refractivity contribution in [1.82, 2.24) is 0 Å². The molecule has 1 aliphatic rings. The molecule has 0 N–H and O–H groups in total. The van der Waals surface area contributed by atoms with Crippen LogP contribution in [-0.2, 0) is 9.53 Å². The normalized spacial score (nSPS) is 15.2. The van der Waals surface area contributed by atoms with Crippen molar-refractivity contribution in [3.8, 4) is 0 Å². The van der Waals surface area contributed by atoms with E-state index >= 15 is 0 Å². The summed E-state index contributed by atoms with van der Waals surface area (Å²) in [6.45, 7) is 3.92. The Morgan fingerprint density at radius 1 is 0.962 bits per heavy atom. The summed E-state index contributed by atoms with van der Waals surface area (Å²) in [4.78, 5) is 25.2. The van der Waals surface area contributed by atoms with E-state index in [1.807, 2.05) is 61.5 Å². The first-order valence-corrected chi connectivity index (χ1v) is 8.58. The van der Waals surface area contributed by atoms with Gasteiger partial charge in [0.15, 0.2) is 5.78 Å². The smallest absolute Gasteiger partial charge is 0.339 e. The Hall–Kier alpha value is -3.20. The lowest BCUT2D eigenvalue weighted by molar-refractivity contribution is -0.138. The number of rotatable bonds is 5. The number of allylic oxidation sites excluding steroid dienone is 4. The molecule has 3 rings (SSSR count). The zero-order valence-corrected chi connectivity index (χ0v) is 14.9. The van der Waals surface area contributed by atoms with Gasteiger partial charge in [-0.05, 0) is 42.7 Å². The van der Waals surface area contributed by atoms with Crippen LogP contribution in [0.3, 0.4) is 0 Å². The van der Waals surface area contributed by atoms with Crippen LogP contribution in [-0.4, -0.2) is 18.4 Å². The predicted octanol–water partition coefficient (Wildman–Crippen LogP) is 4.77. The van der Waals surface area contributed by atoms with E-state index in [2.05, 4.69) is 0 Å². The SMILES string of the molecule is CCOC(=O)C1=C(C)C=C(c2ccccc2)/C1=C/C(=O)c1ccccc1. The minimum absolute atomic E-state index is 0.140. The minimum atomic E-state index is -0.403. The van der Waals surface area contributed by atoms with Crippen molar-refractivity contribution in [2.45, 2.75) is 13.8 Å². The molecule has 0 aromatic heterocycles. The average Bonchev–Trinajstić information content (AvgIpc) is 2.99. The number of carbonyl (C=O) groups excluding carboxylic acids is 2. The fourth-order valence-corrected chi connectivity index (χ4v) is 3.01. The molecule has 0 aliphatic heterocycles. The second-order valence-corrected chi connectivity index (χ2v) is 5.99. The fraction of sp³-hybridized carbons (Fsp3) is 0.130. The van der Waals surface area contributed by atoms with Gasteiger partial charge in [0, 0.05) is 11.1 Å². The Balaban J connectivity index is 2.07. The van der Waals surface area contributed by atoms with Crippen LogP contribution in [0.2, 0.25) is 0 Å². The molecule has 1 aliphatic carbocycles. The first kappa shape index (κ1) is 17.6. The van der Waals surface area contributed by atoms with Gasteiger partial charge in [-0.15, -0.1) is 0 Å². The summed E-state index contributed by atoms with van der Waals surface area (Å²) in [5.41, 5.74) is 4.26. The lowest BCUT2D eigenvalue weighted by Gasteiger charge is -2.11. The summed E-state index contributed by atoms with van der Waals surface area (Å²) in [6.07, 6.45) is 3.47. The van der Waals surface area contributed by atoms with Crippen LogP contribution >= 0.6 is 0 Å². The summed E-state index contributed by atoms with van der Waals surface area (Å²) >= 11 is 0. The van der Waals surface area contributed by atoms with Crippen LogP contribution < -0.4 is 0 Å². The van der Waals surface area contributed by atoms with Crippen LogP contribution in [0, 0.1) is 0 Å². The van der Waals surface area contributed by atoms with Gasteiger partial charge in [0.1, 0.15) is 0 Å². The van der Waals surface area contributed by atoms with Crippen LogP contribution in [0.25, 0.3) is 5.57 Å². The molecule has 0 amide bonds. The Bertz CT molecular complexity index is 916. The van der Waals surface area contributed by atoms with Crippen molar-refractivity contribution in [2.75, 3.05) is 6.61 Å². The van der Waals surface area contributed by atoms with Gasteiger partial charge >= 0.3 is 5.97 Å². The Morgan fingerprint density at radius 3 is 2.19 bits per heavy atom. The van der Waals surface area contributed by atoms with Gasteiger partial charge in [0.05, 0.1) is 12.2 Å². The van der Waals surface area contributed by atoms with E-state index in [1.165, 1.54) is 6.08 Å². The molecule has 0 bridgehead atoms. The van der Waals surface area contributed by atoms with Gasteiger partial charge in [-0.25, -0.2) is 4.79 Å². The van der Waals surface area contributed by atoms with E-state index in [0.29, 0.717) is 16.7 Å². The molecule has 130 valence electrons. The fourth-order valence-electron chi connectivity index (χ4n) is 3.01. The number of benzene rings is 2. The zero-order valence-electron chi connectivity index (χ0n) is 14.9. The molecule has 0 saturated carbocycles. The number of ketones is 1. The topological polar surface area (TPSA) is 43.4 Å². The minimum Gasteiger partial charge on any atom is -0.462 e. The molecule has 0 fully saturated rings. The summed E-state index contributed by atoms with van der Waals surface area (Å²) in [5, 5.41) is 0. The van der Waals surface area contributed by atoms with Crippen LogP contribution in [0.5, 0.6) is 0 Å². The van der Waals surface area contributed by atoms with Crippen molar-refractivity contribution in [3.63, 3.8) is 0 Å². The maximum absolute atomic E-state index is 12.7. The second kappa shape index (κ2) is 7.79. The van der Waals surface area contributed by atoms with Gasteiger partial charge in [0.25, 0.3) is 0 Å². The molecular formula is C23H20O3. The largest absolute Gasteiger partial charge is 0.462 e. The molecule has 0 atom stereocenters. The highest BCUT2D eigenvalue weighted by molar-refractivity contribution is 6.13. The molecular weight excluding hydrogens is 324 g/mol. The van der Waals surface area contributed by atoms with Crippen molar-refractivity contribution < 1.29 is 14.3 Å². The number of ether oxygens (including phenoxy) is 1. The van der Waals surface area contributed by atoms with E-state index in [9.17, 15) is 9.59 Å². The first-order chi connectivity index (χ1) is 12.6. The van der Waals surface area contributed by atoms with Crippen molar-refractivity contribution in [1.29, 1.82) is 0 Å². The highest BCUT2D eigenvalue weighted by Crippen LogP contribution is 2.38. The summed E-state index contributed by atoms with van der Waals surface area (Å²) in [5.74, 6) is -0.543. The van der Waals surface area contributed by atoms with E-state index in [1.54, 1.807) is 19.1 Å². The first-order valence-electron chi connectivity index (χ1n) is 8.58. The molecule has 3 nitrogen and oxygen atoms in total. The summed E-state index contributed by atoms with van der Waals surface area (Å²) < 4.78 is 5.22. The maximum atomic E-state index is 12.7. The number of carbonyl (C=O) groups is 2. The molecule has 0 saturated heterocycles. The van der Waals surface area contributed by atoms with Gasteiger partial charge in [-0.3, -0.25) is 4.79 Å². The molecule has 2 aromatic carbocycles. The highest BCUT2D eigenvalue weighted by atomic mass is 16.5. The van der Waals surface area contributed by atoms with E-state index < -0.39 is 5.97 Å². The Kier molecular flexibility index (Phi) is 5.28. The van der Waals surface area contributed by atoms with Crippen LogP contribution in [0.4, 0.5) is 0 Å². The standard InChI is InChI=1S/C23H20O3/c1-3-26-23(25)22-16(2)14-19(17-10-6-4-7-11-17)20(22)15-21(24)18-12-8-5-9-13-18/h4-15H,3H2,1-2H3/b20-15-. The summed E-state index contributed by atoms with van der Waals surface area (Å²) in [6, 6.07) is 18.8. The monoisotopic (exact) mass is 344 g/mol. The number of hydrogen-bond acceptors (Lipinski definition) is 3. The maximum Gasteiger partial charge on any atom is 0.339 e. The lowest BCUT2D eigenvalue weighted by atomic mass is 9.94. The van der Waals surface area contributed by atoms with Crippen molar-refractivity contribution >= 4 is 17.3 Å². The molecule has 0 unspecified atom stereocenters. The zero-order chi connectivity index (χ0) is 18.5. The van der Waals surface area contributed by atoms with Crippen LogP contribution in [0.15, 0.2) is 89.5 Å². The Labute approximate surface area is 153 Å². The molecule has 0 heterocycles. The average molecular weight is 344 g/mol. The predicted molar refractivity (Wildman–Crippen MR) is 103 cm³/mol. The molecule has 3 heteroatoms. The van der Waals surface area contributed by atoms with Gasteiger partial charge in [-0.1, -0.05) is 60.7 Å². The lowest BCUT2D eigenvalue weighted by Crippen LogP contribution is -2.11. The van der Waals surface area contributed by atoms with E-state index in [4.69, 9.17) is 4.74 Å². The third-order valence-electron chi connectivity index (χ3n) is 4.21. The van der Waals surface area contributed by atoms with E-state index in [0.717, 1.165) is 16.7 Å². The molecule has 0 radical (unpaired) electrons. The quantitative estimate of drug-likeness (QED) is 0.446. The van der Waals surface area contributed by atoms with Crippen molar-refractivity contribution in [2.24, 2.45) is 0 Å². The molecule has 0 spiro atoms. The number of hydrogen-bond donors (Lipinski definition) is 0. The second-order valence-electron chi connectivity index (χ2n) is 5.99. The summed E-state index contributed by atoms with van der Waals surface area (Å²) in [7, 11) is 0. The highest BCUT2D eigenvalue weighted by Gasteiger charge is 2.28. The number of esters is 1. The Morgan fingerprint density at radius 2 is 1.58 bits per heavy atom. The molecule has 26 heavy (non-hydrogen) atoms. The van der Waals surface area contributed by atoms with Gasteiger partial charge in [-0.2, -0.15) is 0 Å². The van der Waals surface area contributed by atoms with Gasteiger partial charge in [0.2, 0.25) is 0 Å². The van der Waals surface area contributed by atoms with Gasteiger partial charge < -0.3 is 4.74 Å². The van der Waals surface area contributed by atoms with E-state index in [-0.39, 0.29) is 12.4 Å². The van der Waals surface area contributed by atoms with Crippen LogP contribution in [0.1, 0.15) is 29.8 Å². The third-order valence-corrected chi connectivity index (χ3v) is 4.21. The third kappa shape index (κ3) is 3.57. The molecule has 2 aromatic rings.